The van der Waals surface area contributed by atoms with Crippen LogP contribution in [-0.4, -0.2) is 51.6 Å². The second-order valence-electron chi connectivity index (χ2n) is 36.4. The molecule has 1 radical (unpaired) electrons. The molecule has 19 aromatic rings. The monoisotopic (exact) mass is 2070 g/mol. The number of hydrogen-bond acceptors (Lipinski definition) is 12. The maximum Gasteiger partial charge on any atom is 0.569 e. The summed E-state index contributed by atoms with van der Waals surface area (Å²) in [6, 6.07) is 90.4. The van der Waals surface area contributed by atoms with Gasteiger partial charge in [-0.15, -0.1) is 0 Å². The minimum absolute atomic E-state index is 0.0155. The Kier molecular flexibility index (Phi) is 31.4. The molecule has 0 aliphatic rings. The van der Waals surface area contributed by atoms with Crippen molar-refractivity contribution >= 4 is 94.3 Å². The van der Waals surface area contributed by atoms with Crippen LogP contribution in [0.15, 0.2) is 324 Å². The van der Waals surface area contributed by atoms with E-state index in [4.69, 9.17) is 19.2 Å². The Morgan fingerprint density at radius 2 is 0.655 bits per heavy atom. The number of aryl methyl sites for hydroxylation is 18. The van der Waals surface area contributed by atoms with E-state index in [9.17, 15) is 30.3 Å². The number of para-hydroxylation sites is 1. The molecule has 22 heteroatoms. The average Bonchev–Trinajstić information content (AvgIpc) is 1.55. The zero-order valence-corrected chi connectivity index (χ0v) is 87.2. The second-order valence-corrected chi connectivity index (χ2v) is 39.1. The van der Waals surface area contributed by atoms with Gasteiger partial charge in [-0.3, -0.25) is 30.3 Å². The highest BCUT2D eigenvalue weighted by Crippen LogP contribution is 2.46. The van der Waals surface area contributed by atoms with Crippen LogP contribution in [0.5, 0.6) is 28.7 Å². The van der Waals surface area contributed by atoms with Gasteiger partial charge in [0.25, 0.3) is 17.1 Å². The molecule has 0 spiro atoms. The van der Waals surface area contributed by atoms with Gasteiger partial charge in [0.15, 0.2) is 0 Å². The molecule has 0 amide bonds. The van der Waals surface area contributed by atoms with Crippen molar-refractivity contribution < 1.29 is 33.9 Å². The maximum absolute atomic E-state index is 12.4. The van der Waals surface area contributed by atoms with E-state index in [2.05, 4.69) is 339 Å². The van der Waals surface area contributed by atoms with Crippen LogP contribution in [-0.2, 0) is 0 Å². The summed E-state index contributed by atoms with van der Waals surface area (Å²) in [4.78, 5) is 45.3. The predicted molar refractivity (Wildman–Crippen MR) is 589 cm³/mol. The van der Waals surface area contributed by atoms with Crippen molar-refractivity contribution in [2.24, 2.45) is 0 Å². The third-order valence-corrected chi connectivity index (χ3v) is 26.7. The van der Waals surface area contributed by atoms with Crippen LogP contribution in [0.2, 0.25) is 0 Å². The molecular formula is C120H107BBr3N8O10. The Morgan fingerprint density at radius 1 is 0.310 bits per heavy atom. The fourth-order valence-electron chi connectivity index (χ4n) is 19.9. The van der Waals surface area contributed by atoms with Crippen molar-refractivity contribution in [1.82, 2.24) is 24.1 Å². The number of H-pyrrole nitrogens is 1. The summed E-state index contributed by atoms with van der Waals surface area (Å²) in [5, 5.41) is 45.2. The molecule has 711 valence electrons. The van der Waals surface area contributed by atoms with Crippen molar-refractivity contribution in [2.75, 3.05) is 0 Å². The number of fused-ring (bicyclic) bond motifs is 3. The molecule has 0 fully saturated rings. The predicted octanol–water partition coefficient (Wildman–Crippen LogP) is 33.8. The lowest BCUT2D eigenvalue weighted by atomic mass is 9.91. The highest BCUT2D eigenvalue weighted by Gasteiger charge is 2.24. The van der Waals surface area contributed by atoms with E-state index >= 15 is 0 Å². The number of ether oxygens (including phenoxy) is 2. The lowest BCUT2D eigenvalue weighted by molar-refractivity contribution is -0.385. The van der Waals surface area contributed by atoms with Crippen molar-refractivity contribution in [3.8, 4) is 129 Å². The van der Waals surface area contributed by atoms with Crippen molar-refractivity contribution in [2.45, 2.75) is 125 Å². The molecule has 2 N–H and O–H groups in total. The third-order valence-electron chi connectivity index (χ3n) is 25.0. The minimum Gasteiger partial charge on any atom is -0.537 e. The van der Waals surface area contributed by atoms with Crippen LogP contribution in [0.25, 0.3) is 122 Å². The fraction of sp³-hybridized carbons (Fsp3) is 0.150. The van der Waals surface area contributed by atoms with Crippen LogP contribution in [0, 0.1) is 155 Å². The normalized spacial score (nSPS) is 10.9. The minimum atomic E-state index is -0.436. The number of nitro benzene ring substituents is 3. The molecule has 3 heterocycles. The molecule has 0 aliphatic carbocycles. The van der Waals surface area contributed by atoms with Crippen molar-refractivity contribution in [1.29, 1.82) is 0 Å². The van der Waals surface area contributed by atoms with Gasteiger partial charge < -0.3 is 33.3 Å². The topological polar surface area (TPSA) is 229 Å². The molecule has 3 aromatic heterocycles. The van der Waals surface area contributed by atoms with Gasteiger partial charge in [-0.05, 0) is 377 Å². The first kappa shape index (κ1) is 101. The molecule has 19 rings (SSSR count). The molecule has 0 atom stereocenters. The number of nitro groups is 3. The van der Waals surface area contributed by atoms with Crippen LogP contribution < -0.4 is 14.1 Å². The first-order valence-corrected chi connectivity index (χ1v) is 48.7. The Labute approximate surface area is 854 Å². The fourth-order valence-corrected chi connectivity index (χ4v) is 21.0. The number of aromatic nitrogens is 5. The summed E-state index contributed by atoms with van der Waals surface area (Å²) in [7, 11) is 0.702. The zero-order valence-electron chi connectivity index (χ0n) is 82.4. The number of hydrogen-bond donors (Lipinski definition) is 2. The number of nitrogens with zero attached hydrogens (tertiary/aromatic N) is 7. The van der Waals surface area contributed by atoms with Gasteiger partial charge in [-0.25, -0.2) is 9.97 Å². The molecular weight excluding hydrogens is 1960 g/mol. The van der Waals surface area contributed by atoms with Gasteiger partial charge in [-0.1, -0.05) is 205 Å². The summed E-state index contributed by atoms with van der Waals surface area (Å²) in [5.74, 6) is 3.16. The van der Waals surface area contributed by atoms with Crippen LogP contribution in [0.1, 0.15) is 100 Å². The lowest BCUT2D eigenvalue weighted by Crippen LogP contribution is -1.99. The molecule has 0 aliphatic heterocycles. The molecule has 0 saturated heterocycles. The number of aromatic amines is 1. The van der Waals surface area contributed by atoms with E-state index < -0.39 is 4.92 Å². The van der Waals surface area contributed by atoms with Gasteiger partial charge in [-0.2, -0.15) is 0 Å². The van der Waals surface area contributed by atoms with Gasteiger partial charge in [0.05, 0.1) is 71.5 Å². The van der Waals surface area contributed by atoms with E-state index in [1.165, 1.54) is 151 Å². The molecule has 16 aromatic carbocycles. The lowest BCUT2D eigenvalue weighted by Gasteiger charge is -2.16. The smallest absolute Gasteiger partial charge is 0.537 e. The quantitative estimate of drug-likeness (QED) is 0.0438. The SMILES string of the molecule is Cc1cc(C)c(-c2cc(Oc3ccc4c(c3)[nH]c3c(-c5c(C)cc(C)cc5C)cccc34)cc(-n3ccnc3)c2)c(C)c1.Cc1cc(C)c(-c2cccc(-c3ccc(Br)cc3[N+](=O)[O-])c2)c(C)c1.Cc1cc(C)c(-c2cccc(-c3ccc(Oc4cc(-c5c(C)cc(C)cc5C)cc(-n5ccnc5)c4)cc3[N+](=O)[O-])c2)c(C)c1.Cc1cc(C)c(-c2cccc(O[B]O)c2)c(C)c1.O=[N+]([O-])c1cc(Br)ccc1Br. The van der Waals surface area contributed by atoms with E-state index in [1.807, 2.05) is 101 Å². The van der Waals surface area contributed by atoms with Crippen LogP contribution in [0.4, 0.5) is 17.1 Å². The van der Waals surface area contributed by atoms with Gasteiger partial charge in [0.1, 0.15) is 28.7 Å². The Hall–Kier alpha value is -15.2. The Morgan fingerprint density at radius 3 is 1.06 bits per heavy atom. The standard InChI is InChI=1S/C39H35N3O3.C39H35N3O.C21H18BrNO2.C15H16BO2.C6H3Br2NO2/c1-24-14-26(3)38(27(4)15-24)31-9-7-8-30(18-31)36-11-10-34(22-37(36)42(43)44)45-35-20-32(19-33(21-35)41-13-12-40-23-41)39-28(5)16-25(2)17-29(39)6;1-23-14-25(3)37(26(4)15-23)29-18-30(42-13-12-40-22-42)20-32(19-29)43-31-10-11-33-34-8-7-9-35(39(34)41-36(33)21-31)38-27(5)16-24(2)17-28(38)6;1-13-9-14(2)21(15(3)10-13)17-6-4-5-16(11-17)19-8-7-18(22)12-20(19)23(24)25;1-10-7-11(2)15(12(3)8-10)13-5-4-6-14(9-13)18-16-17;7-4-1-2-5(8)6(3-4)9(10)11/h7-23H,1-6H3;7-22,41H,1-6H3;4-12H,1-3H3;4-9,17H,1-3H3;1-3H. The summed E-state index contributed by atoms with van der Waals surface area (Å²) >= 11 is 9.52. The molecule has 0 bridgehead atoms. The first-order valence-electron chi connectivity index (χ1n) is 46.3. The van der Waals surface area contributed by atoms with E-state index in [0.29, 0.717) is 49.5 Å². The molecule has 0 unspecified atom stereocenters. The van der Waals surface area contributed by atoms with Gasteiger partial charge >= 0.3 is 7.69 Å². The number of benzene rings is 16. The number of rotatable bonds is 19. The maximum atomic E-state index is 12.4. The highest BCUT2D eigenvalue weighted by molar-refractivity contribution is 9.11. The van der Waals surface area contributed by atoms with Crippen LogP contribution >= 0.6 is 47.8 Å². The van der Waals surface area contributed by atoms with Crippen molar-refractivity contribution in [3.63, 3.8) is 0 Å². The number of halogens is 3. The van der Waals surface area contributed by atoms with Crippen LogP contribution in [0.3, 0.4) is 0 Å². The molecule has 0 saturated carbocycles. The summed E-state index contributed by atoms with van der Waals surface area (Å²) in [6.07, 6.45) is 10.9. The first-order chi connectivity index (χ1) is 67.9. The Bertz CT molecular complexity index is 7930. The zero-order chi connectivity index (χ0) is 101. The second kappa shape index (κ2) is 44.1. The summed E-state index contributed by atoms with van der Waals surface area (Å²) in [5.41, 5.74) is 43.0. The molecule has 18 nitrogen and oxygen atoms in total. The third kappa shape index (κ3) is 23.4. The van der Waals surface area contributed by atoms with Gasteiger partial charge in [0.2, 0.25) is 0 Å². The van der Waals surface area contributed by atoms with Gasteiger partial charge in [0, 0.05) is 80.4 Å². The van der Waals surface area contributed by atoms with E-state index in [1.54, 1.807) is 55.1 Å². The average molecular weight is 2070 g/mol. The Balaban J connectivity index is 0.000000144. The highest BCUT2D eigenvalue weighted by atomic mass is 79.9. The van der Waals surface area contributed by atoms with Crippen molar-refractivity contribution in [3.05, 3.63) is 454 Å². The summed E-state index contributed by atoms with van der Waals surface area (Å²) in [6.45, 7) is 38.3. The number of imidazole rings is 2. The van der Waals surface area contributed by atoms with E-state index in [-0.39, 0.29) is 26.9 Å². The summed E-state index contributed by atoms with van der Waals surface area (Å²) < 4.78 is 23.8. The van der Waals surface area contributed by atoms with E-state index in [0.717, 1.165) is 84.0 Å². The molecule has 142 heavy (non-hydrogen) atoms. The largest absolute Gasteiger partial charge is 0.569 e. The number of nitrogens with one attached hydrogen (secondary N) is 1.